The van der Waals surface area contributed by atoms with Gasteiger partial charge in [0.2, 0.25) is 0 Å². The molecule has 1 fully saturated rings. The van der Waals surface area contributed by atoms with Crippen LogP contribution in [0.4, 0.5) is 0 Å². The van der Waals surface area contributed by atoms with Crippen molar-refractivity contribution < 1.29 is 0 Å². The van der Waals surface area contributed by atoms with Gasteiger partial charge >= 0.3 is 0 Å². The average molecular weight is 765 g/mol. The Balaban J connectivity index is 0.912. The first kappa shape index (κ1) is 34.2. The number of nitrogens with zero attached hydrogens (tertiary/aromatic N) is 2. The van der Waals surface area contributed by atoms with Gasteiger partial charge in [0.1, 0.15) is 4.83 Å². The summed E-state index contributed by atoms with van der Waals surface area (Å²) in [6, 6.07) is 51.7. The predicted molar refractivity (Wildman–Crippen MR) is 243 cm³/mol. The maximum Gasteiger partial charge on any atom is 0.161 e. The van der Waals surface area contributed by atoms with Crippen LogP contribution in [-0.4, -0.2) is 9.97 Å². The highest BCUT2D eigenvalue weighted by Crippen LogP contribution is 2.61. The third-order valence-corrected chi connectivity index (χ3v) is 15.1. The van der Waals surface area contributed by atoms with Gasteiger partial charge in [0.25, 0.3) is 0 Å². The molecule has 0 N–H and O–H groups in total. The molecular formula is C55H44N2S. The van der Waals surface area contributed by atoms with E-state index in [9.17, 15) is 0 Å². The molecule has 2 aromatic heterocycles. The molecule has 280 valence electrons. The van der Waals surface area contributed by atoms with Gasteiger partial charge in [0.05, 0.1) is 5.69 Å². The van der Waals surface area contributed by atoms with Gasteiger partial charge < -0.3 is 0 Å². The first-order valence-corrected chi connectivity index (χ1v) is 21.9. The van der Waals surface area contributed by atoms with Crippen LogP contribution in [-0.2, 0) is 10.8 Å². The molecule has 0 radical (unpaired) electrons. The summed E-state index contributed by atoms with van der Waals surface area (Å²) in [7, 11) is 0. The van der Waals surface area contributed by atoms with Gasteiger partial charge in [0, 0.05) is 43.3 Å². The van der Waals surface area contributed by atoms with Crippen molar-refractivity contribution in [1.82, 2.24) is 9.97 Å². The Bertz CT molecular complexity index is 3040. The van der Waals surface area contributed by atoms with Crippen molar-refractivity contribution in [2.75, 3.05) is 0 Å². The summed E-state index contributed by atoms with van der Waals surface area (Å²) in [6.45, 7) is 4.84. The maximum absolute atomic E-state index is 5.30. The Morgan fingerprint density at radius 2 is 1.31 bits per heavy atom. The van der Waals surface area contributed by atoms with Crippen molar-refractivity contribution in [3.63, 3.8) is 0 Å². The summed E-state index contributed by atoms with van der Waals surface area (Å²) in [6.07, 6.45) is 12.6. The third kappa shape index (κ3) is 5.02. The molecule has 2 nitrogen and oxygen atoms in total. The summed E-state index contributed by atoms with van der Waals surface area (Å²) < 4.78 is 1.24. The molecule has 0 bridgehead atoms. The van der Waals surface area contributed by atoms with Crippen LogP contribution in [0.3, 0.4) is 0 Å². The monoisotopic (exact) mass is 764 g/mol. The van der Waals surface area contributed by atoms with Gasteiger partial charge in [-0.15, -0.1) is 11.3 Å². The van der Waals surface area contributed by atoms with Gasteiger partial charge in [-0.3, -0.25) is 0 Å². The van der Waals surface area contributed by atoms with E-state index in [0.29, 0.717) is 5.92 Å². The second-order valence-electron chi connectivity index (χ2n) is 17.6. The smallest absolute Gasteiger partial charge is 0.161 e. The molecule has 0 saturated heterocycles. The van der Waals surface area contributed by atoms with Gasteiger partial charge in [0.15, 0.2) is 5.82 Å². The highest BCUT2D eigenvalue weighted by atomic mass is 32.1. The second-order valence-corrected chi connectivity index (χ2v) is 18.6. The Labute approximate surface area is 344 Å². The molecule has 1 spiro atoms. The van der Waals surface area contributed by atoms with Crippen LogP contribution in [0, 0.1) is 0 Å². The number of allylic oxidation sites excluding steroid dienone is 4. The highest BCUT2D eigenvalue weighted by molar-refractivity contribution is 7.25. The van der Waals surface area contributed by atoms with E-state index in [0.717, 1.165) is 39.3 Å². The predicted octanol–water partition coefficient (Wildman–Crippen LogP) is 14.9. The van der Waals surface area contributed by atoms with Crippen molar-refractivity contribution in [1.29, 1.82) is 0 Å². The van der Waals surface area contributed by atoms with Crippen LogP contribution >= 0.6 is 11.3 Å². The van der Waals surface area contributed by atoms with E-state index in [1.165, 1.54) is 86.7 Å². The number of aromatic nitrogens is 2. The zero-order valence-corrected chi connectivity index (χ0v) is 33.9. The van der Waals surface area contributed by atoms with E-state index in [1.54, 1.807) is 28.0 Å². The Morgan fingerprint density at radius 1 is 0.586 bits per heavy atom. The number of hydrogen-bond donors (Lipinski definition) is 0. The number of thiophene rings is 1. The minimum atomic E-state index is -0.00540. The van der Waals surface area contributed by atoms with E-state index in [2.05, 4.69) is 166 Å². The molecular weight excluding hydrogens is 721 g/mol. The Morgan fingerprint density at radius 3 is 2.19 bits per heavy atom. The normalized spacial score (nSPS) is 18.4. The molecule has 1 unspecified atom stereocenters. The number of benzene rings is 6. The highest BCUT2D eigenvalue weighted by Gasteiger charge is 2.48. The van der Waals surface area contributed by atoms with Gasteiger partial charge in [-0.25, -0.2) is 9.97 Å². The lowest BCUT2D eigenvalue weighted by Gasteiger charge is -2.38. The molecule has 6 aromatic carbocycles. The zero-order chi connectivity index (χ0) is 38.6. The number of fused-ring (bicyclic) bond motifs is 10. The zero-order valence-electron chi connectivity index (χ0n) is 33.1. The molecule has 2 heterocycles. The second kappa shape index (κ2) is 12.8. The Hall–Kier alpha value is -5.90. The first-order chi connectivity index (χ1) is 28.5. The summed E-state index contributed by atoms with van der Waals surface area (Å²) in [4.78, 5) is 11.5. The van der Waals surface area contributed by atoms with Crippen LogP contribution in [0.5, 0.6) is 0 Å². The topological polar surface area (TPSA) is 25.8 Å². The molecule has 4 aliphatic rings. The minimum Gasteiger partial charge on any atom is -0.227 e. The third-order valence-electron chi connectivity index (χ3n) is 14.1. The van der Waals surface area contributed by atoms with Crippen molar-refractivity contribution in [3.8, 4) is 44.9 Å². The van der Waals surface area contributed by atoms with Crippen molar-refractivity contribution in [2.24, 2.45) is 0 Å². The SMILES string of the molecule is CC1(C)c2ccccc2-c2cc3c(cc21)C1=C(C=CC(c2cccc(-c4cccc(-c5nc(-c6ccccc6)c6c(n5)sc5ccccc56)c4)c2)C1)C31CCCCC1. The van der Waals surface area contributed by atoms with Crippen molar-refractivity contribution >= 4 is 37.2 Å². The maximum atomic E-state index is 5.30. The van der Waals surface area contributed by atoms with Gasteiger partial charge in [-0.05, 0) is 105 Å². The quantitative estimate of drug-likeness (QED) is 0.178. The standard InChI is InChI=1S/C55H44N2S/c1-54(2)45-23-9-7-21-40(45)43-33-48-44(32-47(43)54)42-31-38(25-26-46(42)55(48)27-11-4-12-28-55)36-18-13-17-35(29-36)37-19-14-20-39(30-37)52-56-51(34-15-5-3-6-16-34)50-41-22-8-10-24-49(41)58-53(50)57-52/h3,5-10,13-26,29-30,32-33,38H,4,11-12,27-28,31H2,1-2H3. The van der Waals surface area contributed by atoms with Crippen LogP contribution in [0.1, 0.15) is 86.1 Å². The fourth-order valence-electron chi connectivity index (χ4n) is 11.2. The molecule has 1 atom stereocenters. The van der Waals surface area contributed by atoms with Crippen LogP contribution in [0.2, 0.25) is 0 Å². The molecule has 0 amide bonds. The lowest BCUT2D eigenvalue weighted by atomic mass is 9.66. The lowest BCUT2D eigenvalue weighted by Crippen LogP contribution is -2.29. The van der Waals surface area contributed by atoms with E-state index in [4.69, 9.17) is 9.97 Å². The first-order valence-electron chi connectivity index (χ1n) is 21.1. The number of hydrogen-bond acceptors (Lipinski definition) is 3. The van der Waals surface area contributed by atoms with Crippen LogP contribution in [0.15, 0.2) is 157 Å². The molecule has 8 aromatic rings. The van der Waals surface area contributed by atoms with Gasteiger partial charge in [-0.2, -0.15) is 0 Å². The molecule has 0 aliphatic heterocycles. The largest absolute Gasteiger partial charge is 0.227 e. The summed E-state index contributed by atoms with van der Waals surface area (Å²) >= 11 is 1.75. The molecule has 3 heteroatoms. The summed E-state index contributed by atoms with van der Waals surface area (Å²) in [5.74, 6) is 1.08. The van der Waals surface area contributed by atoms with Crippen molar-refractivity contribution in [2.45, 2.75) is 69.1 Å². The fourth-order valence-corrected chi connectivity index (χ4v) is 12.3. The fraction of sp³-hybridized carbons (Fsp3) is 0.200. The summed E-state index contributed by atoms with van der Waals surface area (Å²) in [5, 5.41) is 2.35. The minimum absolute atomic E-state index is 0.00540. The van der Waals surface area contributed by atoms with E-state index >= 15 is 0 Å². The van der Waals surface area contributed by atoms with Crippen LogP contribution < -0.4 is 0 Å². The van der Waals surface area contributed by atoms with E-state index < -0.39 is 0 Å². The lowest BCUT2D eigenvalue weighted by molar-refractivity contribution is 0.349. The average Bonchev–Trinajstić information content (AvgIpc) is 3.86. The molecule has 12 rings (SSSR count). The molecule has 1 saturated carbocycles. The van der Waals surface area contributed by atoms with E-state index in [1.807, 2.05) is 0 Å². The van der Waals surface area contributed by atoms with E-state index in [-0.39, 0.29) is 10.8 Å². The molecule has 58 heavy (non-hydrogen) atoms. The summed E-state index contributed by atoms with van der Waals surface area (Å²) in [5.41, 5.74) is 19.2. The van der Waals surface area contributed by atoms with Crippen molar-refractivity contribution in [3.05, 3.63) is 185 Å². The number of rotatable bonds is 4. The molecule has 4 aliphatic carbocycles. The van der Waals surface area contributed by atoms with Gasteiger partial charge in [-0.1, -0.05) is 161 Å². The Kier molecular flexibility index (Phi) is 7.54. The van der Waals surface area contributed by atoms with Crippen LogP contribution in [0.25, 0.3) is 70.8 Å².